The normalized spacial score (nSPS) is 11.2. The van der Waals surface area contributed by atoms with Gasteiger partial charge in [0.2, 0.25) is 12.2 Å². The summed E-state index contributed by atoms with van der Waals surface area (Å²) in [6, 6.07) is 13.6. The van der Waals surface area contributed by atoms with Crippen molar-refractivity contribution in [2.24, 2.45) is 14.1 Å². The highest BCUT2D eigenvalue weighted by atomic mass is 16.3. The number of aromatic hydroxyl groups is 1. The van der Waals surface area contributed by atoms with Gasteiger partial charge < -0.3 is 10.0 Å². The first kappa shape index (κ1) is 26.5. The quantitative estimate of drug-likeness (QED) is 0.369. The molecule has 3 aromatic heterocycles. The van der Waals surface area contributed by atoms with Gasteiger partial charge in [0.15, 0.2) is 11.2 Å². The topological polar surface area (TPSA) is 107 Å². The predicted molar refractivity (Wildman–Crippen MR) is 148 cm³/mol. The van der Waals surface area contributed by atoms with Crippen molar-refractivity contribution in [2.45, 2.75) is 26.7 Å². The third-order valence-corrected chi connectivity index (χ3v) is 6.45. The maximum absolute atomic E-state index is 13.1. The van der Waals surface area contributed by atoms with Crippen molar-refractivity contribution < 1.29 is 9.90 Å². The lowest BCUT2D eigenvalue weighted by Gasteiger charge is -2.16. The van der Waals surface area contributed by atoms with E-state index >= 15 is 0 Å². The maximum Gasteiger partial charge on any atom is 0.332 e. The summed E-state index contributed by atoms with van der Waals surface area (Å²) in [6.07, 6.45) is 2.63. The molecule has 2 aromatic carbocycles. The Kier molecular flexibility index (Phi) is 6.99. The number of aryl methyl sites for hydroxylation is 2. The average Bonchev–Trinajstić information content (AvgIpc) is 3.43. The third-order valence-electron chi connectivity index (χ3n) is 6.45. The second kappa shape index (κ2) is 10.0. The molecular weight excluding hydrogens is 484 g/mol. The molecule has 0 unspecified atom stereocenters. The van der Waals surface area contributed by atoms with Crippen LogP contribution in [0.5, 0.6) is 5.75 Å². The zero-order chi connectivity index (χ0) is 27.9. The van der Waals surface area contributed by atoms with Crippen molar-refractivity contribution >= 4 is 23.4 Å². The molecule has 0 fully saturated rings. The first-order chi connectivity index (χ1) is 18.0. The van der Waals surface area contributed by atoms with Crippen LogP contribution in [0, 0.1) is 6.92 Å². The van der Waals surface area contributed by atoms with Gasteiger partial charge in [0.25, 0.3) is 5.56 Å². The van der Waals surface area contributed by atoms with Crippen molar-refractivity contribution in [2.75, 3.05) is 14.1 Å². The van der Waals surface area contributed by atoms with Crippen LogP contribution in [-0.4, -0.2) is 53.6 Å². The molecule has 0 saturated carbocycles. The zero-order valence-electron chi connectivity index (χ0n) is 22.6. The number of carbonyl (C=O) groups excluding carboxylic acids is 1. The van der Waals surface area contributed by atoms with Crippen molar-refractivity contribution in [3.05, 3.63) is 80.6 Å². The van der Waals surface area contributed by atoms with Crippen LogP contribution in [0.3, 0.4) is 0 Å². The zero-order valence-corrected chi connectivity index (χ0v) is 22.6. The van der Waals surface area contributed by atoms with Crippen LogP contribution >= 0.6 is 0 Å². The smallest absolute Gasteiger partial charge is 0.332 e. The maximum atomic E-state index is 13.1. The number of phenols is 1. The molecule has 0 saturated heterocycles. The van der Waals surface area contributed by atoms with Gasteiger partial charge in [-0.1, -0.05) is 44.2 Å². The Bertz CT molecular complexity index is 1770. The molecule has 0 aliphatic rings. The van der Waals surface area contributed by atoms with Crippen LogP contribution in [0.4, 0.5) is 0 Å². The summed E-state index contributed by atoms with van der Waals surface area (Å²) in [6.45, 7) is 5.99. The van der Waals surface area contributed by atoms with E-state index in [9.17, 15) is 19.5 Å². The van der Waals surface area contributed by atoms with Crippen molar-refractivity contribution in [3.63, 3.8) is 0 Å². The highest BCUT2D eigenvalue weighted by Gasteiger charge is 2.23. The fraction of sp³-hybridized carbons (Fsp3) is 0.286. The Labute approximate surface area is 219 Å². The molecule has 5 aromatic rings. The predicted octanol–water partition coefficient (Wildman–Crippen LogP) is 3.18. The lowest BCUT2D eigenvalue weighted by atomic mass is 9.99. The summed E-state index contributed by atoms with van der Waals surface area (Å²) in [5.41, 5.74) is 4.17. The molecule has 1 N–H and O–H groups in total. The summed E-state index contributed by atoms with van der Waals surface area (Å²) < 4.78 is 6.22. The SMILES string of the molecule is CN(C)C=O.Cc1cc(O)c(C(C)C)cc1-n1c(-c2ccccc2)cn2c3c(=O)n(C)c(=O)n(C)c3nc12. The molecule has 3 heterocycles. The van der Waals surface area contributed by atoms with E-state index in [0.29, 0.717) is 16.9 Å². The van der Waals surface area contributed by atoms with E-state index in [-0.39, 0.29) is 11.7 Å². The molecule has 0 bridgehead atoms. The van der Waals surface area contributed by atoms with E-state index in [1.165, 1.54) is 16.5 Å². The van der Waals surface area contributed by atoms with Crippen molar-refractivity contribution in [1.29, 1.82) is 0 Å². The molecule has 0 radical (unpaired) electrons. The first-order valence-corrected chi connectivity index (χ1v) is 12.2. The first-order valence-electron chi connectivity index (χ1n) is 12.2. The fourth-order valence-corrected chi connectivity index (χ4v) is 4.42. The van der Waals surface area contributed by atoms with E-state index in [1.807, 2.05) is 67.9 Å². The monoisotopic (exact) mass is 516 g/mol. The highest BCUT2D eigenvalue weighted by molar-refractivity contribution is 5.80. The molecule has 0 atom stereocenters. The second-order valence-corrected chi connectivity index (χ2v) is 9.80. The summed E-state index contributed by atoms with van der Waals surface area (Å²) in [7, 11) is 6.46. The molecule has 10 heteroatoms. The average molecular weight is 517 g/mol. The molecule has 38 heavy (non-hydrogen) atoms. The van der Waals surface area contributed by atoms with Crippen LogP contribution in [-0.2, 0) is 18.9 Å². The molecule has 0 aliphatic carbocycles. The number of rotatable bonds is 4. The molecule has 0 spiro atoms. The fourth-order valence-electron chi connectivity index (χ4n) is 4.42. The van der Waals surface area contributed by atoms with Gasteiger partial charge in [0.05, 0.1) is 11.4 Å². The van der Waals surface area contributed by atoms with Gasteiger partial charge in [0.1, 0.15) is 5.75 Å². The van der Waals surface area contributed by atoms with Gasteiger partial charge in [0, 0.05) is 40.0 Å². The van der Waals surface area contributed by atoms with E-state index in [2.05, 4.69) is 0 Å². The van der Waals surface area contributed by atoms with Crippen LogP contribution in [0.1, 0.15) is 30.9 Å². The lowest BCUT2D eigenvalue weighted by Crippen LogP contribution is -2.37. The number of phenolic OH excluding ortho intramolecular Hbond substituents is 1. The van der Waals surface area contributed by atoms with Crippen LogP contribution < -0.4 is 11.2 Å². The Morgan fingerprint density at radius 1 is 1.03 bits per heavy atom. The number of fused-ring (bicyclic) bond motifs is 3. The number of benzene rings is 2. The second-order valence-electron chi connectivity index (χ2n) is 9.80. The van der Waals surface area contributed by atoms with Crippen molar-refractivity contribution in [1.82, 2.24) is 28.0 Å². The molecule has 10 nitrogen and oxygen atoms in total. The minimum atomic E-state index is -0.425. The van der Waals surface area contributed by atoms with Gasteiger partial charge in [-0.2, -0.15) is 4.98 Å². The Balaban J connectivity index is 0.000000617. The number of imidazole rings is 2. The molecule has 198 valence electrons. The van der Waals surface area contributed by atoms with Gasteiger partial charge in [-0.25, -0.2) is 4.79 Å². The Hall–Kier alpha value is -4.60. The summed E-state index contributed by atoms with van der Waals surface area (Å²) in [4.78, 5) is 41.2. The van der Waals surface area contributed by atoms with E-state index < -0.39 is 11.2 Å². The molecular formula is C28H32N6O4. The number of aromatic nitrogens is 5. The van der Waals surface area contributed by atoms with Crippen LogP contribution in [0.2, 0.25) is 0 Å². The minimum Gasteiger partial charge on any atom is -0.508 e. The van der Waals surface area contributed by atoms with Crippen molar-refractivity contribution in [3.8, 4) is 22.7 Å². The lowest BCUT2D eigenvalue weighted by molar-refractivity contribution is -0.115. The minimum absolute atomic E-state index is 0.114. The molecule has 0 aliphatic heterocycles. The number of nitrogens with zero attached hydrogens (tertiary/aromatic N) is 6. The van der Waals surface area contributed by atoms with E-state index in [1.54, 1.807) is 31.6 Å². The summed E-state index contributed by atoms with van der Waals surface area (Å²) in [5.74, 6) is 0.883. The standard InChI is InChI=1S/C25H25N5O3.C3H7NO/c1-14(2)17-12-18(15(3)11-20(17)31)30-19(16-9-7-6-8-10-16)13-29-21-22(26-24(29)30)27(4)25(33)28(5)23(21)32;1-4(2)3-5/h6-14,31H,1-5H3;3H,1-2H3. The third kappa shape index (κ3) is 4.38. The Morgan fingerprint density at radius 2 is 1.66 bits per heavy atom. The Morgan fingerprint density at radius 3 is 2.24 bits per heavy atom. The van der Waals surface area contributed by atoms with Gasteiger partial charge in [-0.3, -0.25) is 27.7 Å². The van der Waals surface area contributed by atoms with Gasteiger partial charge in [-0.15, -0.1) is 0 Å². The number of carbonyl (C=O) groups is 1. The number of hydrogen-bond donors (Lipinski definition) is 1. The number of hydrogen-bond acceptors (Lipinski definition) is 5. The van der Waals surface area contributed by atoms with Crippen LogP contribution in [0.15, 0.2) is 58.3 Å². The summed E-state index contributed by atoms with van der Waals surface area (Å²) in [5, 5.41) is 10.5. The number of amides is 1. The molecule has 5 rings (SSSR count). The van der Waals surface area contributed by atoms with E-state index in [0.717, 1.165) is 39.0 Å². The van der Waals surface area contributed by atoms with Gasteiger partial charge in [-0.05, 0) is 36.1 Å². The van der Waals surface area contributed by atoms with Crippen LogP contribution in [0.25, 0.3) is 33.9 Å². The summed E-state index contributed by atoms with van der Waals surface area (Å²) >= 11 is 0. The highest BCUT2D eigenvalue weighted by Crippen LogP contribution is 2.35. The van der Waals surface area contributed by atoms with E-state index in [4.69, 9.17) is 4.98 Å². The molecule has 1 amide bonds. The largest absolute Gasteiger partial charge is 0.508 e. The van der Waals surface area contributed by atoms with Gasteiger partial charge >= 0.3 is 5.69 Å².